The van der Waals surface area contributed by atoms with Gasteiger partial charge < -0.3 is 10.1 Å². The van der Waals surface area contributed by atoms with Crippen LogP contribution in [0, 0.1) is 6.92 Å². The number of benzene rings is 1. The van der Waals surface area contributed by atoms with Gasteiger partial charge in [0.05, 0.1) is 10.4 Å². The Morgan fingerprint density at radius 1 is 1.27 bits per heavy atom. The standard InChI is InChI=1S/C20H25BrN2O2S/c1-15-14-26-18(23-15)4-2-3-11-22-19(24)20(9-12-25-13-10-20)16-5-7-17(21)8-6-16/h5-8,14H,2-4,9-13H2,1H3,(H,22,24). The van der Waals surface area contributed by atoms with Gasteiger partial charge in [-0.3, -0.25) is 4.79 Å². The Labute approximate surface area is 167 Å². The molecule has 1 aromatic heterocycles. The molecule has 4 nitrogen and oxygen atoms in total. The molecule has 0 bridgehead atoms. The number of carbonyl (C=O) groups excluding carboxylic acids is 1. The quantitative estimate of drug-likeness (QED) is 0.654. The minimum absolute atomic E-state index is 0.133. The van der Waals surface area contributed by atoms with E-state index in [1.807, 2.05) is 19.1 Å². The average molecular weight is 437 g/mol. The smallest absolute Gasteiger partial charge is 0.230 e. The van der Waals surface area contributed by atoms with Gasteiger partial charge in [-0.2, -0.15) is 0 Å². The van der Waals surface area contributed by atoms with Crippen LogP contribution in [0.25, 0.3) is 0 Å². The number of hydrogen-bond donors (Lipinski definition) is 1. The van der Waals surface area contributed by atoms with Gasteiger partial charge in [0.1, 0.15) is 0 Å². The number of hydrogen-bond acceptors (Lipinski definition) is 4. The molecule has 0 aliphatic carbocycles. The second-order valence-corrected chi connectivity index (χ2v) is 8.66. The van der Waals surface area contributed by atoms with E-state index in [4.69, 9.17) is 4.74 Å². The van der Waals surface area contributed by atoms with Crippen molar-refractivity contribution < 1.29 is 9.53 Å². The molecule has 3 rings (SSSR count). The zero-order valence-corrected chi connectivity index (χ0v) is 17.5. The second-order valence-electron chi connectivity index (χ2n) is 6.80. The molecule has 1 amide bonds. The molecule has 0 unspecified atom stereocenters. The number of thiazole rings is 1. The molecule has 1 saturated heterocycles. The average Bonchev–Trinajstić information content (AvgIpc) is 3.07. The van der Waals surface area contributed by atoms with E-state index in [1.54, 1.807) is 11.3 Å². The number of nitrogens with one attached hydrogen (secondary N) is 1. The second kappa shape index (κ2) is 9.11. The van der Waals surface area contributed by atoms with Crippen molar-refractivity contribution in [3.8, 4) is 0 Å². The lowest BCUT2D eigenvalue weighted by molar-refractivity contribution is -0.130. The maximum absolute atomic E-state index is 13.1. The highest BCUT2D eigenvalue weighted by Gasteiger charge is 2.41. The highest BCUT2D eigenvalue weighted by Crippen LogP contribution is 2.35. The van der Waals surface area contributed by atoms with Crippen molar-refractivity contribution in [3.05, 3.63) is 50.4 Å². The number of ether oxygens (including phenoxy) is 1. The summed E-state index contributed by atoms with van der Waals surface area (Å²) in [6.45, 7) is 4.00. The zero-order chi connectivity index (χ0) is 18.4. The Morgan fingerprint density at radius 2 is 2.00 bits per heavy atom. The molecule has 0 spiro atoms. The van der Waals surface area contributed by atoms with E-state index in [2.05, 4.69) is 43.7 Å². The molecule has 1 aromatic carbocycles. The van der Waals surface area contributed by atoms with Crippen LogP contribution in [0.5, 0.6) is 0 Å². The zero-order valence-electron chi connectivity index (χ0n) is 15.1. The van der Waals surface area contributed by atoms with Crippen molar-refractivity contribution in [2.45, 2.75) is 44.4 Å². The Morgan fingerprint density at radius 3 is 2.65 bits per heavy atom. The minimum atomic E-state index is -0.467. The van der Waals surface area contributed by atoms with Gasteiger partial charge in [-0.25, -0.2) is 4.98 Å². The van der Waals surface area contributed by atoms with Gasteiger partial charge in [-0.15, -0.1) is 11.3 Å². The van der Waals surface area contributed by atoms with E-state index in [0.717, 1.165) is 47.8 Å². The van der Waals surface area contributed by atoms with Crippen LogP contribution in [0.2, 0.25) is 0 Å². The summed E-state index contributed by atoms with van der Waals surface area (Å²) >= 11 is 5.19. The lowest BCUT2D eigenvalue weighted by Crippen LogP contribution is -2.48. The van der Waals surface area contributed by atoms with Crippen molar-refractivity contribution in [2.24, 2.45) is 0 Å². The van der Waals surface area contributed by atoms with Crippen molar-refractivity contribution >= 4 is 33.2 Å². The maximum Gasteiger partial charge on any atom is 0.230 e. The van der Waals surface area contributed by atoms with Crippen LogP contribution in [0.1, 0.15) is 41.9 Å². The molecule has 1 N–H and O–H groups in total. The van der Waals surface area contributed by atoms with Crippen molar-refractivity contribution in [2.75, 3.05) is 19.8 Å². The van der Waals surface area contributed by atoms with E-state index in [1.165, 1.54) is 5.01 Å². The Balaban J connectivity index is 1.55. The van der Waals surface area contributed by atoms with Crippen LogP contribution in [-0.2, 0) is 21.4 Å². The maximum atomic E-state index is 13.1. The van der Waals surface area contributed by atoms with Gasteiger partial charge >= 0.3 is 0 Å². The fraction of sp³-hybridized carbons (Fsp3) is 0.500. The summed E-state index contributed by atoms with van der Waals surface area (Å²) in [4.78, 5) is 17.5. The Bertz CT molecular complexity index is 724. The first-order chi connectivity index (χ1) is 12.6. The van der Waals surface area contributed by atoms with Gasteiger partial charge in [-0.1, -0.05) is 28.1 Å². The van der Waals surface area contributed by atoms with Crippen LogP contribution < -0.4 is 5.32 Å². The van der Waals surface area contributed by atoms with Crippen molar-refractivity contribution in [1.29, 1.82) is 0 Å². The monoisotopic (exact) mass is 436 g/mol. The molecule has 1 aliphatic rings. The third-order valence-electron chi connectivity index (χ3n) is 4.95. The van der Waals surface area contributed by atoms with Gasteiger partial charge in [0.15, 0.2) is 0 Å². The first kappa shape index (κ1) is 19.5. The molecule has 6 heteroatoms. The molecule has 140 valence electrons. The third kappa shape index (κ3) is 4.72. The van der Waals surface area contributed by atoms with E-state index in [0.29, 0.717) is 19.8 Å². The first-order valence-electron chi connectivity index (χ1n) is 9.13. The van der Waals surface area contributed by atoms with Crippen LogP contribution >= 0.6 is 27.3 Å². The lowest BCUT2D eigenvalue weighted by atomic mass is 9.73. The molecule has 2 aromatic rings. The Hall–Kier alpha value is -1.24. The van der Waals surface area contributed by atoms with Crippen LogP contribution in [-0.4, -0.2) is 30.6 Å². The third-order valence-corrected chi connectivity index (χ3v) is 6.50. The van der Waals surface area contributed by atoms with Crippen LogP contribution in [0.15, 0.2) is 34.1 Å². The largest absolute Gasteiger partial charge is 0.381 e. The van der Waals surface area contributed by atoms with E-state index in [9.17, 15) is 4.79 Å². The molecule has 0 saturated carbocycles. The minimum Gasteiger partial charge on any atom is -0.381 e. The van der Waals surface area contributed by atoms with Gasteiger partial charge in [-0.05, 0) is 56.7 Å². The highest BCUT2D eigenvalue weighted by molar-refractivity contribution is 9.10. The first-order valence-corrected chi connectivity index (χ1v) is 10.8. The number of halogens is 1. The number of rotatable bonds is 7. The molecule has 0 atom stereocenters. The molecular formula is C20H25BrN2O2S. The van der Waals surface area contributed by atoms with E-state index < -0.39 is 5.41 Å². The predicted molar refractivity (Wildman–Crippen MR) is 109 cm³/mol. The normalized spacial score (nSPS) is 16.4. The Kier molecular flexibility index (Phi) is 6.84. The SMILES string of the molecule is Cc1csc(CCCCNC(=O)C2(c3ccc(Br)cc3)CCOCC2)n1. The molecular weight excluding hydrogens is 412 g/mol. The number of nitrogens with zero attached hydrogens (tertiary/aromatic N) is 1. The summed E-state index contributed by atoms with van der Waals surface area (Å²) in [6.07, 6.45) is 4.47. The predicted octanol–water partition coefficient (Wildman–Crippen LogP) is 4.40. The van der Waals surface area contributed by atoms with Gasteiger partial charge in [0, 0.05) is 35.3 Å². The molecule has 1 aliphatic heterocycles. The van der Waals surface area contributed by atoms with Crippen molar-refractivity contribution in [1.82, 2.24) is 10.3 Å². The number of amides is 1. The summed E-state index contributed by atoms with van der Waals surface area (Å²) < 4.78 is 6.55. The molecule has 0 radical (unpaired) electrons. The number of unbranched alkanes of at least 4 members (excludes halogenated alkanes) is 1. The molecule has 2 heterocycles. The summed E-state index contributed by atoms with van der Waals surface area (Å²) in [7, 11) is 0. The van der Waals surface area contributed by atoms with Gasteiger partial charge in [0.25, 0.3) is 0 Å². The fourth-order valence-corrected chi connectivity index (χ4v) is 4.51. The van der Waals surface area contributed by atoms with Crippen LogP contribution in [0.4, 0.5) is 0 Å². The number of aryl methyl sites for hydroxylation is 2. The van der Waals surface area contributed by atoms with E-state index >= 15 is 0 Å². The number of aromatic nitrogens is 1. The summed E-state index contributed by atoms with van der Waals surface area (Å²) in [6, 6.07) is 8.13. The molecule has 1 fully saturated rings. The molecule has 26 heavy (non-hydrogen) atoms. The van der Waals surface area contributed by atoms with Crippen LogP contribution in [0.3, 0.4) is 0 Å². The van der Waals surface area contributed by atoms with E-state index in [-0.39, 0.29) is 5.91 Å². The summed E-state index contributed by atoms with van der Waals surface area (Å²) in [5.41, 5.74) is 1.71. The fourth-order valence-electron chi connectivity index (χ4n) is 3.43. The van der Waals surface area contributed by atoms with Crippen molar-refractivity contribution in [3.63, 3.8) is 0 Å². The topological polar surface area (TPSA) is 51.2 Å². The summed E-state index contributed by atoms with van der Waals surface area (Å²) in [5, 5.41) is 6.45. The summed E-state index contributed by atoms with van der Waals surface area (Å²) in [5.74, 6) is 0.133. The van der Waals surface area contributed by atoms with Gasteiger partial charge in [0.2, 0.25) is 5.91 Å². The number of carbonyl (C=O) groups is 1. The lowest BCUT2D eigenvalue weighted by Gasteiger charge is -2.36. The highest BCUT2D eigenvalue weighted by atomic mass is 79.9.